The first-order valence-electron chi connectivity index (χ1n) is 11.5. The van der Waals surface area contributed by atoms with Crippen molar-refractivity contribution in [3.8, 4) is 17.2 Å². The van der Waals surface area contributed by atoms with Crippen molar-refractivity contribution in [1.29, 1.82) is 0 Å². The Morgan fingerprint density at radius 2 is 1.67 bits per heavy atom. The second-order valence-electron chi connectivity index (χ2n) is 8.00. The molecule has 0 unspecified atom stereocenters. The number of hydrogen-bond donors (Lipinski definition) is 1. The molecule has 10 nitrogen and oxygen atoms in total. The summed E-state index contributed by atoms with van der Waals surface area (Å²) in [4.78, 5) is 27.9. The highest BCUT2D eigenvalue weighted by molar-refractivity contribution is 7.92. The van der Waals surface area contributed by atoms with Gasteiger partial charge in [0.25, 0.3) is 0 Å². The van der Waals surface area contributed by atoms with E-state index in [0.717, 1.165) is 16.1 Å². The van der Waals surface area contributed by atoms with E-state index in [0.29, 0.717) is 30.2 Å². The first kappa shape index (κ1) is 28.8. The predicted octanol–water partition coefficient (Wildman–Crippen LogP) is 2.42. The zero-order chi connectivity index (χ0) is 26.9. The van der Waals surface area contributed by atoms with Gasteiger partial charge in [0.1, 0.15) is 18.3 Å². The summed E-state index contributed by atoms with van der Waals surface area (Å²) in [6.45, 7) is 3.58. The van der Waals surface area contributed by atoms with Crippen LogP contribution in [0.25, 0.3) is 0 Å². The molecular formula is C25H35N3O7S. The van der Waals surface area contributed by atoms with Gasteiger partial charge in [-0.25, -0.2) is 8.42 Å². The quantitative estimate of drug-likeness (QED) is 0.431. The van der Waals surface area contributed by atoms with Gasteiger partial charge in [-0.15, -0.1) is 0 Å². The maximum absolute atomic E-state index is 13.7. The van der Waals surface area contributed by atoms with Gasteiger partial charge in [0.2, 0.25) is 21.8 Å². The van der Waals surface area contributed by atoms with Crippen molar-refractivity contribution in [3.63, 3.8) is 0 Å². The Balaban J connectivity index is 2.49. The molecule has 1 atom stereocenters. The summed E-state index contributed by atoms with van der Waals surface area (Å²) in [5, 5.41) is 2.76. The Kier molecular flexibility index (Phi) is 10.4. The van der Waals surface area contributed by atoms with Gasteiger partial charge in [0.15, 0.2) is 11.5 Å². The fraction of sp³-hybridized carbons (Fsp3) is 0.440. The number of sulfonamides is 1. The van der Waals surface area contributed by atoms with Gasteiger partial charge < -0.3 is 24.4 Å². The number of carbonyl (C=O) groups is 2. The van der Waals surface area contributed by atoms with Crippen molar-refractivity contribution in [2.75, 3.05) is 45.0 Å². The number of anilines is 1. The van der Waals surface area contributed by atoms with Gasteiger partial charge >= 0.3 is 0 Å². The van der Waals surface area contributed by atoms with E-state index in [1.807, 2.05) is 6.07 Å². The minimum absolute atomic E-state index is 0.0925. The second-order valence-corrected chi connectivity index (χ2v) is 9.91. The molecule has 2 aromatic rings. The lowest BCUT2D eigenvalue weighted by molar-refractivity contribution is -0.140. The Morgan fingerprint density at radius 1 is 0.972 bits per heavy atom. The summed E-state index contributed by atoms with van der Waals surface area (Å²) >= 11 is 0. The van der Waals surface area contributed by atoms with Crippen LogP contribution in [0.4, 0.5) is 5.69 Å². The number of nitrogens with one attached hydrogen (secondary N) is 1. The van der Waals surface area contributed by atoms with E-state index < -0.39 is 28.5 Å². The fourth-order valence-electron chi connectivity index (χ4n) is 3.77. The number of nitrogens with zero attached hydrogens (tertiary/aromatic N) is 2. The molecule has 0 spiro atoms. The van der Waals surface area contributed by atoms with Crippen LogP contribution in [0.3, 0.4) is 0 Å². The van der Waals surface area contributed by atoms with Gasteiger partial charge in [0, 0.05) is 19.2 Å². The highest BCUT2D eigenvalue weighted by Crippen LogP contribution is 2.32. The first-order valence-corrected chi connectivity index (χ1v) is 13.3. The Morgan fingerprint density at radius 3 is 2.22 bits per heavy atom. The van der Waals surface area contributed by atoms with Crippen molar-refractivity contribution in [3.05, 3.63) is 48.0 Å². The van der Waals surface area contributed by atoms with E-state index in [-0.39, 0.29) is 18.1 Å². The van der Waals surface area contributed by atoms with Gasteiger partial charge in [-0.2, -0.15) is 0 Å². The summed E-state index contributed by atoms with van der Waals surface area (Å²) in [5.41, 5.74) is 0.971. The number of hydrogen-bond acceptors (Lipinski definition) is 7. The number of benzene rings is 2. The van der Waals surface area contributed by atoms with Gasteiger partial charge in [-0.1, -0.05) is 19.1 Å². The number of amides is 2. The number of methoxy groups -OCH3 is 3. The highest BCUT2D eigenvalue weighted by atomic mass is 32.2. The third-order valence-electron chi connectivity index (χ3n) is 5.56. The molecule has 0 saturated carbocycles. The van der Waals surface area contributed by atoms with Crippen molar-refractivity contribution in [1.82, 2.24) is 10.2 Å². The molecule has 0 saturated heterocycles. The summed E-state index contributed by atoms with van der Waals surface area (Å²) in [6, 6.07) is 10.9. The van der Waals surface area contributed by atoms with Crippen molar-refractivity contribution >= 4 is 27.5 Å². The minimum atomic E-state index is -3.87. The van der Waals surface area contributed by atoms with Crippen LogP contribution in [-0.4, -0.2) is 71.8 Å². The van der Waals surface area contributed by atoms with Crippen LogP contribution in [0.15, 0.2) is 42.5 Å². The standard InChI is InChI=1S/C25H35N3O7S/c1-7-21(25(30)26-8-2)27(16-18-10-9-11-20(14-18)33-3)24(29)17-28(36(6,31)32)19-12-13-22(34-4)23(15-19)35-5/h9-15,21H,7-8,16-17H2,1-6H3,(H,26,30)/t21-/m0/s1. The average Bonchev–Trinajstić information content (AvgIpc) is 2.86. The van der Waals surface area contributed by atoms with Gasteiger partial charge in [0.05, 0.1) is 33.3 Å². The van der Waals surface area contributed by atoms with Crippen molar-refractivity contribution in [2.45, 2.75) is 32.9 Å². The van der Waals surface area contributed by atoms with E-state index >= 15 is 0 Å². The molecule has 2 aromatic carbocycles. The van der Waals surface area contributed by atoms with Crippen LogP contribution in [0.5, 0.6) is 17.2 Å². The average molecular weight is 522 g/mol. The Bertz CT molecular complexity index is 1150. The SMILES string of the molecule is CCNC(=O)[C@H](CC)N(Cc1cccc(OC)c1)C(=O)CN(c1ccc(OC)c(OC)c1)S(C)(=O)=O. The molecular weight excluding hydrogens is 486 g/mol. The van der Waals surface area contributed by atoms with Crippen LogP contribution in [0.1, 0.15) is 25.8 Å². The number of rotatable bonds is 13. The lowest BCUT2D eigenvalue weighted by atomic mass is 10.1. The maximum Gasteiger partial charge on any atom is 0.244 e. The van der Waals surface area contributed by atoms with E-state index in [1.54, 1.807) is 45.2 Å². The molecule has 0 radical (unpaired) electrons. The van der Waals surface area contributed by atoms with Gasteiger partial charge in [-0.05, 0) is 43.2 Å². The van der Waals surface area contributed by atoms with E-state index in [1.165, 1.54) is 31.3 Å². The first-order chi connectivity index (χ1) is 17.1. The van der Waals surface area contributed by atoms with Gasteiger partial charge in [-0.3, -0.25) is 13.9 Å². The summed E-state index contributed by atoms with van der Waals surface area (Å²) in [7, 11) is 0.578. The highest BCUT2D eigenvalue weighted by Gasteiger charge is 2.32. The normalized spacial score (nSPS) is 11.8. The van der Waals surface area contributed by atoms with E-state index in [9.17, 15) is 18.0 Å². The zero-order valence-corrected chi connectivity index (χ0v) is 22.4. The lowest BCUT2D eigenvalue weighted by Crippen LogP contribution is -2.52. The van der Waals surface area contributed by atoms with Crippen LogP contribution >= 0.6 is 0 Å². The number of likely N-dealkylation sites (N-methyl/N-ethyl adjacent to an activating group) is 1. The Hall–Kier alpha value is -3.47. The predicted molar refractivity (Wildman–Crippen MR) is 138 cm³/mol. The van der Waals surface area contributed by atoms with E-state index in [4.69, 9.17) is 14.2 Å². The molecule has 2 rings (SSSR count). The minimum Gasteiger partial charge on any atom is -0.497 e. The molecule has 1 N–H and O–H groups in total. The van der Waals surface area contributed by atoms with Crippen molar-refractivity contribution in [2.24, 2.45) is 0 Å². The molecule has 0 aromatic heterocycles. The van der Waals surface area contributed by atoms with Crippen LogP contribution in [0, 0.1) is 0 Å². The lowest BCUT2D eigenvalue weighted by Gasteiger charge is -2.33. The molecule has 2 amide bonds. The van der Waals surface area contributed by atoms with Crippen LogP contribution in [-0.2, 0) is 26.2 Å². The Labute approximate surface area is 213 Å². The molecule has 0 bridgehead atoms. The third-order valence-corrected chi connectivity index (χ3v) is 6.70. The molecule has 198 valence electrons. The molecule has 0 aliphatic carbocycles. The van der Waals surface area contributed by atoms with E-state index in [2.05, 4.69) is 5.32 Å². The monoisotopic (exact) mass is 521 g/mol. The zero-order valence-electron chi connectivity index (χ0n) is 21.6. The molecule has 0 aliphatic rings. The number of carbonyl (C=O) groups excluding carboxylic acids is 2. The number of ether oxygens (including phenoxy) is 3. The molecule has 0 aliphatic heterocycles. The summed E-state index contributed by atoms with van der Waals surface area (Å²) in [5.74, 6) is 0.500. The van der Waals surface area contributed by atoms with Crippen LogP contribution in [0.2, 0.25) is 0 Å². The summed E-state index contributed by atoms with van der Waals surface area (Å²) in [6.07, 6.45) is 1.36. The van der Waals surface area contributed by atoms with Crippen molar-refractivity contribution < 1.29 is 32.2 Å². The molecule has 0 heterocycles. The van der Waals surface area contributed by atoms with Crippen LogP contribution < -0.4 is 23.8 Å². The third kappa shape index (κ3) is 7.27. The molecule has 36 heavy (non-hydrogen) atoms. The fourth-order valence-corrected chi connectivity index (χ4v) is 4.61. The second kappa shape index (κ2) is 13.0. The molecule has 11 heteroatoms. The smallest absolute Gasteiger partial charge is 0.244 e. The largest absolute Gasteiger partial charge is 0.497 e. The topological polar surface area (TPSA) is 114 Å². The molecule has 0 fully saturated rings. The summed E-state index contributed by atoms with van der Waals surface area (Å²) < 4.78 is 42.3. The maximum atomic E-state index is 13.7.